The Bertz CT molecular complexity index is 642. The molecule has 1 aromatic carbocycles. The third-order valence-corrected chi connectivity index (χ3v) is 4.55. The summed E-state index contributed by atoms with van der Waals surface area (Å²) in [7, 11) is 0. The second kappa shape index (κ2) is 7.39. The molecule has 1 aliphatic carbocycles. The number of benzene rings is 1. The van der Waals surface area contributed by atoms with E-state index in [0.29, 0.717) is 5.92 Å². The van der Waals surface area contributed by atoms with Gasteiger partial charge >= 0.3 is 0 Å². The molecule has 116 valence electrons. The fraction of sp³-hybridized carbons (Fsp3) is 0.474. The summed E-state index contributed by atoms with van der Waals surface area (Å²) in [4.78, 5) is 19.6. The SMILES string of the molecule is O=c1cc(CCCc2ccccc2)nc(C2CCCCC2)[nH]1. The van der Waals surface area contributed by atoms with Crippen molar-refractivity contribution in [3.05, 3.63) is 63.8 Å². The summed E-state index contributed by atoms with van der Waals surface area (Å²) in [6, 6.07) is 12.1. The molecular weight excluding hydrogens is 272 g/mol. The Morgan fingerprint density at radius 2 is 1.82 bits per heavy atom. The molecule has 0 saturated heterocycles. The van der Waals surface area contributed by atoms with Crippen molar-refractivity contribution >= 4 is 0 Å². The molecule has 0 unspecified atom stereocenters. The van der Waals surface area contributed by atoms with Crippen LogP contribution in [-0.2, 0) is 12.8 Å². The lowest BCUT2D eigenvalue weighted by atomic mass is 9.88. The first-order valence-corrected chi connectivity index (χ1v) is 8.45. The summed E-state index contributed by atoms with van der Waals surface area (Å²) < 4.78 is 0. The zero-order valence-corrected chi connectivity index (χ0v) is 13.1. The predicted molar refractivity (Wildman–Crippen MR) is 89.2 cm³/mol. The van der Waals surface area contributed by atoms with Crippen LogP contribution in [0, 0.1) is 0 Å². The molecule has 3 heteroatoms. The molecular formula is C19H24N2O. The number of rotatable bonds is 5. The molecule has 1 aliphatic rings. The highest BCUT2D eigenvalue weighted by Gasteiger charge is 2.18. The number of nitrogens with zero attached hydrogens (tertiary/aromatic N) is 1. The average Bonchev–Trinajstić information content (AvgIpc) is 2.56. The van der Waals surface area contributed by atoms with Crippen molar-refractivity contribution in [3.8, 4) is 0 Å². The normalized spacial score (nSPS) is 15.8. The Hall–Kier alpha value is -1.90. The van der Waals surface area contributed by atoms with E-state index < -0.39 is 0 Å². The third kappa shape index (κ3) is 4.06. The van der Waals surface area contributed by atoms with E-state index in [4.69, 9.17) is 4.98 Å². The number of aromatic amines is 1. The van der Waals surface area contributed by atoms with E-state index in [0.717, 1.165) is 43.6 Å². The molecule has 3 nitrogen and oxygen atoms in total. The fourth-order valence-electron chi connectivity index (χ4n) is 3.34. The summed E-state index contributed by atoms with van der Waals surface area (Å²) in [5, 5.41) is 0. The smallest absolute Gasteiger partial charge is 0.251 e. The van der Waals surface area contributed by atoms with Crippen LogP contribution in [0.5, 0.6) is 0 Å². The quantitative estimate of drug-likeness (QED) is 0.906. The van der Waals surface area contributed by atoms with Crippen molar-refractivity contribution in [2.45, 2.75) is 57.3 Å². The Morgan fingerprint density at radius 1 is 1.05 bits per heavy atom. The molecule has 1 saturated carbocycles. The second-order valence-corrected chi connectivity index (χ2v) is 6.30. The van der Waals surface area contributed by atoms with E-state index in [1.54, 1.807) is 6.07 Å². The number of aromatic nitrogens is 2. The van der Waals surface area contributed by atoms with Gasteiger partial charge in [-0.05, 0) is 37.7 Å². The van der Waals surface area contributed by atoms with Gasteiger partial charge in [-0.2, -0.15) is 0 Å². The van der Waals surface area contributed by atoms with Gasteiger partial charge in [0, 0.05) is 17.7 Å². The first-order chi connectivity index (χ1) is 10.8. The van der Waals surface area contributed by atoms with Crippen LogP contribution in [0.25, 0.3) is 0 Å². The van der Waals surface area contributed by atoms with Gasteiger partial charge in [0.05, 0.1) is 0 Å². The minimum absolute atomic E-state index is 0.00489. The van der Waals surface area contributed by atoms with Gasteiger partial charge in [-0.3, -0.25) is 4.79 Å². The Kier molecular flexibility index (Phi) is 5.04. The minimum Gasteiger partial charge on any atom is -0.310 e. The van der Waals surface area contributed by atoms with Crippen LogP contribution in [0.3, 0.4) is 0 Å². The van der Waals surface area contributed by atoms with Crippen LogP contribution < -0.4 is 5.56 Å². The van der Waals surface area contributed by atoms with Crippen LogP contribution in [0.4, 0.5) is 0 Å². The van der Waals surface area contributed by atoms with Crippen LogP contribution >= 0.6 is 0 Å². The van der Waals surface area contributed by atoms with Gasteiger partial charge in [0.1, 0.15) is 5.82 Å². The predicted octanol–water partition coefficient (Wildman–Crippen LogP) is 3.99. The summed E-state index contributed by atoms with van der Waals surface area (Å²) in [5.41, 5.74) is 2.30. The summed E-state index contributed by atoms with van der Waals surface area (Å²) in [5.74, 6) is 1.37. The van der Waals surface area contributed by atoms with E-state index in [-0.39, 0.29) is 5.56 Å². The highest BCUT2D eigenvalue weighted by molar-refractivity contribution is 5.15. The molecule has 0 amide bonds. The van der Waals surface area contributed by atoms with Crippen molar-refractivity contribution in [1.29, 1.82) is 0 Å². The molecule has 1 aromatic heterocycles. The molecule has 0 spiro atoms. The van der Waals surface area contributed by atoms with E-state index in [9.17, 15) is 4.79 Å². The van der Waals surface area contributed by atoms with Gasteiger partial charge < -0.3 is 4.98 Å². The summed E-state index contributed by atoms with van der Waals surface area (Å²) in [6.45, 7) is 0. The first kappa shape index (κ1) is 15.0. The van der Waals surface area contributed by atoms with Gasteiger partial charge in [-0.25, -0.2) is 4.98 Å². The standard InChI is InChI=1S/C19H24N2O/c22-18-14-17(13-7-10-15-8-3-1-4-9-15)20-19(21-18)16-11-5-2-6-12-16/h1,3-4,8-9,14,16H,2,5-7,10-13H2,(H,20,21,22). The summed E-state index contributed by atoms with van der Waals surface area (Å²) in [6.07, 6.45) is 9.10. The minimum atomic E-state index is 0.00489. The van der Waals surface area contributed by atoms with E-state index in [1.165, 1.54) is 24.8 Å². The largest absolute Gasteiger partial charge is 0.310 e. The van der Waals surface area contributed by atoms with E-state index >= 15 is 0 Å². The third-order valence-electron chi connectivity index (χ3n) is 4.55. The molecule has 1 heterocycles. The van der Waals surface area contributed by atoms with E-state index in [1.807, 2.05) is 6.07 Å². The maximum atomic E-state index is 11.9. The van der Waals surface area contributed by atoms with Crippen molar-refractivity contribution in [2.75, 3.05) is 0 Å². The topological polar surface area (TPSA) is 45.8 Å². The highest BCUT2D eigenvalue weighted by atomic mass is 16.1. The molecule has 0 bridgehead atoms. The number of H-pyrrole nitrogens is 1. The van der Waals surface area contributed by atoms with Crippen LogP contribution in [0.1, 0.15) is 61.5 Å². The zero-order chi connectivity index (χ0) is 15.2. The number of hydrogen-bond donors (Lipinski definition) is 1. The molecule has 0 atom stereocenters. The summed E-state index contributed by atoms with van der Waals surface area (Å²) >= 11 is 0. The van der Waals surface area contributed by atoms with Crippen molar-refractivity contribution in [3.63, 3.8) is 0 Å². The Balaban J connectivity index is 1.63. The molecule has 1 N–H and O–H groups in total. The zero-order valence-electron chi connectivity index (χ0n) is 13.1. The second-order valence-electron chi connectivity index (χ2n) is 6.30. The Morgan fingerprint density at radius 3 is 2.59 bits per heavy atom. The average molecular weight is 296 g/mol. The molecule has 2 aromatic rings. The van der Waals surface area contributed by atoms with Gasteiger partial charge in [0.25, 0.3) is 5.56 Å². The van der Waals surface area contributed by atoms with Crippen LogP contribution in [0.2, 0.25) is 0 Å². The van der Waals surface area contributed by atoms with Crippen LogP contribution in [-0.4, -0.2) is 9.97 Å². The maximum Gasteiger partial charge on any atom is 0.251 e. The number of aryl methyl sites for hydroxylation is 2. The fourth-order valence-corrected chi connectivity index (χ4v) is 3.34. The number of hydrogen-bond acceptors (Lipinski definition) is 2. The van der Waals surface area contributed by atoms with Gasteiger partial charge in [-0.15, -0.1) is 0 Å². The van der Waals surface area contributed by atoms with E-state index in [2.05, 4.69) is 29.2 Å². The monoisotopic (exact) mass is 296 g/mol. The van der Waals surface area contributed by atoms with Crippen LogP contribution in [0.15, 0.2) is 41.2 Å². The van der Waals surface area contributed by atoms with Gasteiger partial charge in [0.15, 0.2) is 0 Å². The molecule has 22 heavy (non-hydrogen) atoms. The molecule has 3 rings (SSSR count). The number of nitrogens with one attached hydrogen (secondary N) is 1. The lowest BCUT2D eigenvalue weighted by Gasteiger charge is -2.20. The van der Waals surface area contributed by atoms with Crippen molar-refractivity contribution in [1.82, 2.24) is 9.97 Å². The van der Waals surface area contributed by atoms with Crippen molar-refractivity contribution < 1.29 is 0 Å². The Labute approximate surface area is 131 Å². The lowest BCUT2D eigenvalue weighted by molar-refractivity contribution is 0.426. The maximum absolute atomic E-state index is 11.9. The first-order valence-electron chi connectivity index (χ1n) is 8.45. The highest BCUT2D eigenvalue weighted by Crippen LogP contribution is 2.30. The van der Waals surface area contributed by atoms with Gasteiger partial charge in [0.2, 0.25) is 0 Å². The lowest BCUT2D eigenvalue weighted by Crippen LogP contribution is -2.17. The molecule has 1 fully saturated rings. The van der Waals surface area contributed by atoms with Gasteiger partial charge in [-0.1, -0.05) is 49.6 Å². The molecule has 0 radical (unpaired) electrons. The molecule has 0 aliphatic heterocycles. The van der Waals surface area contributed by atoms with Crippen molar-refractivity contribution in [2.24, 2.45) is 0 Å².